The van der Waals surface area contributed by atoms with Gasteiger partial charge in [-0.15, -0.1) is 0 Å². The molecule has 2 aliphatic rings. The molecule has 0 bridgehead atoms. The summed E-state index contributed by atoms with van der Waals surface area (Å²) >= 11 is 0. The Morgan fingerprint density at radius 2 is 1.96 bits per heavy atom. The van der Waals surface area contributed by atoms with Gasteiger partial charge in [0.15, 0.2) is 0 Å². The second-order valence-electron chi connectivity index (χ2n) is 6.79. The largest absolute Gasteiger partial charge is 0.341 e. The summed E-state index contributed by atoms with van der Waals surface area (Å²) in [5.74, 6) is 0.476. The molecular formula is C18H26N4O2. The van der Waals surface area contributed by atoms with Crippen molar-refractivity contribution in [1.82, 2.24) is 20.1 Å². The van der Waals surface area contributed by atoms with E-state index in [-0.39, 0.29) is 17.9 Å². The number of aryl methyl sites for hydroxylation is 1. The molecule has 6 heteroatoms. The topological polar surface area (TPSA) is 65.5 Å². The Hall–Kier alpha value is -1.95. The second-order valence-corrected chi connectivity index (χ2v) is 6.79. The number of nitrogens with zero attached hydrogens (tertiary/aromatic N) is 3. The average Bonchev–Trinajstić information content (AvgIpc) is 2.62. The average molecular weight is 330 g/mol. The quantitative estimate of drug-likeness (QED) is 0.876. The van der Waals surface area contributed by atoms with Crippen LogP contribution in [-0.4, -0.2) is 65.4 Å². The van der Waals surface area contributed by atoms with E-state index in [2.05, 4.69) is 22.4 Å². The molecular weight excluding hydrogens is 304 g/mol. The Morgan fingerprint density at radius 1 is 1.21 bits per heavy atom. The van der Waals surface area contributed by atoms with Crippen LogP contribution in [0, 0.1) is 6.92 Å². The number of aromatic nitrogens is 1. The third-order valence-electron chi connectivity index (χ3n) is 5.09. The predicted molar refractivity (Wildman–Crippen MR) is 91.6 cm³/mol. The highest BCUT2D eigenvalue weighted by Gasteiger charge is 2.35. The summed E-state index contributed by atoms with van der Waals surface area (Å²) in [6.45, 7) is 6.97. The summed E-state index contributed by atoms with van der Waals surface area (Å²) in [5.41, 5.74) is 2.29. The Kier molecular flexibility index (Phi) is 5.14. The van der Waals surface area contributed by atoms with Crippen LogP contribution in [0.1, 0.15) is 36.9 Å². The molecule has 1 unspecified atom stereocenters. The highest BCUT2D eigenvalue weighted by Crippen LogP contribution is 2.27. The van der Waals surface area contributed by atoms with Crippen LogP contribution >= 0.6 is 0 Å². The number of piperidine rings is 1. The van der Waals surface area contributed by atoms with Gasteiger partial charge in [0.25, 0.3) is 0 Å². The third-order valence-corrected chi connectivity index (χ3v) is 5.09. The fraction of sp³-hybridized carbons (Fsp3) is 0.611. The van der Waals surface area contributed by atoms with Crippen LogP contribution < -0.4 is 5.32 Å². The Bertz CT molecular complexity index is 594. The molecule has 6 nitrogen and oxygen atoms in total. The zero-order valence-electron chi connectivity index (χ0n) is 14.5. The Balaban J connectivity index is 1.60. The van der Waals surface area contributed by atoms with Crippen LogP contribution in [0.15, 0.2) is 18.3 Å². The second kappa shape index (κ2) is 7.30. The van der Waals surface area contributed by atoms with Gasteiger partial charge in [0, 0.05) is 57.5 Å². The number of rotatable bonds is 2. The van der Waals surface area contributed by atoms with Crippen molar-refractivity contribution in [2.45, 2.75) is 38.6 Å². The molecule has 3 rings (SSSR count). The molecule has 1 atom stereocenters. The number of carbonyl (C=O) groups excluding carboxylic acids is 2. The van der Waals surface area contributed by atoms with Gasteiger partial charge in [-0.2, -0.15) is 0 Å². The molecule has 0 saturated carbocycles. The van der Waals surface area contributed by atoms with Gasteiger partial charge in [-0.1, -0.05) is 6.07 Å². The standard InChI is InChI=1S/C18H26N4O2/c1-13-3-4-16(20-11-13)15-5-8-21(9-6-15)18(24)17-12-19-7-10-22(17)14(2)23/h3-4,11,15,17,19H,5-10,12H2,1-2H3. The summed E-state index contributed by atoms with van der Waals surface area (Å²) in [7, 11) is 0. The number of amides is 2. The number of hydrogen-bond donors (Lipinski definition) is 1. The lowest BCUT2D eigenvalue weighted by molar-refractivity contribution is -0.146. The predicted octanol–water partition coefficient (Wildman–Crippen LogP) is 0.916. The fourth-order valence-corrected chi connectivity index (χ4v) is 3.63. The van der Waals surface area contributed by atoms with Crippen molar-refractivity contribution in [2.24, 2.45) is 0 Å². The molecule has 0 aliphatic carbocycles. The molecule has 2 fully saturated rings. The summed E-state index contributed by atoms with van der Waals surface area (Å²) in [4.78, 5) is 32.8. The highest BCUT2D eigenvalue weighted by atomic mass is 16.2. The zero-order chi connectivity index (χ0) is 17.1. The number of likely N-dealkylation sites (tertiary alicyclic amines) is 1. The Labute approximate surface area is 143 Å². The maximum Gasteiger partial charge on any atom is 0.246 e. The van der Waals surface area contributed by atoms with Crippen LogP contribution in [0.2, 0.25) is 0 Å². The number of pyridine rings is 1. The van der Waals surface area contributed by atoms with Gasteiger partial charge in [0.1, 0.15) is 6.04 Å². The van der Waals surface area contributed by atoms with E-state index in [1.165, 1.54) is 5.56 Å². The first-order chi connectivity index (χ1) is 11.6. The van der Waals surface area contributed by atoms with Crippen molar-refractivity contribution in [3.63, 3.8) is 0 Å². The number of carbonyl (C=O) groups is 2. The minimum atomic E-state index is -0.356. The number of nitrogens with one attached hydrogen (secondary N) is 1. The van der Waals surface area contributed by atoms with Gasteiger partial charge in [-0.3, -0.25) is 14.6 Å². The molecule has 0 radical (unpaired) electrons. The minimum absolute atomic E-state index is 0.0198. The van der Waals surface area contributed by atoms with Gasteiger partial charge < -0.3 is 15.1 Å². The SMILES string of the molecule is CC(=O)N1CCNCC1C(=O)N1CCC(c2ccc(C)cn2)CC1. The summed E-state index contributed by atoms with van der Waals surface area (Å²) < 4.78 is 0. The first kappa shape index (κ1) is 16.9. The van der Waals surface area contributed by atoms with E-state index in [1.807, 2.05) is 18.0 Å². The highest BCUT2D eigenvalue weighted by molar-refractivity contribution is 5.87. The van der Waals surface area contributed by atoms with Crippen LogP contribution in [0.3, 0.4) is 0 Å². The minimum Gasteiger partial charge on any atom is -0.341 e. The lowest BCUT2D eigenvalue weighted by atomic mass is 9.92. The van der Waals surface area contributed by atoms with Crippen molar-refractivity contribution in [2.75, 3.05) is 32.7 Å². The maximum atomic E-state index is 12.8. The monoisotopic (exact) mass is 330 g/mol. The van der Waals surface area contributed by atoms with Crippen molar-refractivity contribution in [1.29, 1.82) is 0 Å². The first-order valence-corrected chi connectivity index (χ1v) is 8.75. The summed E-state index contributed by atoms with van der Waals surface area (Å²) in [6, 6.07) is 3.84. The third kappa shape index (κ3) is 3.59. The lowest BCUT2D eigenvalue weighted by Gasteiger charge is -2.39. The van der Waals surface area contributed by atoms with Crippen molar-refractivity contribution < 1.29 is 9.59 Å². The molecule has 3 heterocycles. The zero-order valence-corrected chi connectivity index (χ0v) is 14.5. The van der Waals surface area contributed by atoms with E-state index in [0.717, 1.165) is 38.2 Å². The molecule has 0 spiro atoms. The molecule has 1 aromatic rings. The molecule has 24 heavy (non-hydrogen) atoms. The molecule has 1 N–H and O–H groups in total. The first-order valence-electron chi connectivity index (χ1n) is 8.75. The molecule has 2 aliphatic heterocycles. The van der Waals surface area contributed by atoms with Crippen molar-refractivity contribution >= 4 is 11.8 Å². The molecule has 1 aromatic heterocycles. The van der Waals surface area contributed by atoms with Crippen LogP contribution in [0.25, 0.3) is 0 Å². The van der Waals surface area contributed by atoms with E-state index in [4.69, 9.17) is 0 Å². The van der Waals surface area contributed by atoms with Crippen molar-refractivity contribution in [3.05, 3.63) is 29.6 Å². The van der Waals surface area contributed by atoms with Gasteiger partial charge in [-0.05, 0) is 31.4 Å². The lowest BCUT2D eigenvalue weighted by Crippen LogP contribution is -2.60. The number of piperazine rings is 1. The normalized spacial score (nSPS) is 22.5. The van der Waals surface area contributed by atoms with Crippen LogP contribution in [0.5, 0.6) is 0 Å². The van der Waals surface area contributed by atoms with Gasteiger partial charge in [0.2, 0.25) is 11.8 Å². The Morgan fingerprint density at radius 3 is 2.58 bits per heavy atom. The molecule has 2 amide bonds. The van der Waals surface area contributed by atoms with Crippen LogP contribution in [0.4, 0.5) is 0 Å². The van der Waals surface area contributed by atoms with Gasteiger partial charge in [-0.25, -0.2) is 0 Å². The smallest absolute Gasteiger partial charge is 0.246 e. The molecule has 0 aromatic carbocycles. The molecule has 130 valence electrons. The molecule has 2 saturated heterocycles. The summed E-state index contributed by atoms with van der Waals surface area (Å²) in [6.07, 6.45) is 3.77. The maximum absolute atomic E-state index is 12.8. The van der Waals surface area contributed by atoms with E-state index in [9.17, 15) is 9.59 Å². The van der Waals surface area contributed by atoms with E-state index < -0.39 is 0 Å². The van der Waals surface area contributed by atoms with Gasteiger partial charge >= 0.3 is 0 Å². The van der Waals surface area contributed by atoms with E-state index in [0.29, 0.717) is 19.0 Å². The van der Waals surface area contributed by atoms with Crippen LogP contribution in [-0.2, 0) is 9.59 Å². The van der Waals surface area contributed by atoms with Gasteiger partial charge in [0.05, 0.1) is 0 Å². The number of hydrogen-bond acceptors (Lipinski definition) is 4. The van der Waals surface area contributed by atoms with E-state index >= 15 is 0 Å². The van der Waals surface area contributed by atoms with E-state index in [1.54, 1.807) is 11.8 Å². The fourth-order valence-electron chi connectivity index (χ4n) is 3.63. The van der Waals surface area contributed by atoms with Crippen molar-refractivity contribution in [3.8, 4) is 0 Å². The summed E-state index contributed by atoms with van der Waals surface area (Å²) in [5, 5.41) is 3.23.